The molecule has 6 nitrogen and oxygen atoms in total. The third-order valence-corrected chi connectivity index (χ3v) is 1.37. The van der Waals surface area contributed by atoms with E-state index in [4.69, 9.17) is 20.4 Å². The van der Waals surface area contributed by atoms with Gasteiger partial charge in [-0.25, -0.2) is 0 Å². The van der Waals surface area contributed by atoms with E-state index in [-0.39, 0.29) is 29.6 Å². The molecule has 0 spiro atoms. The molecule has 0 heterocycles. The first kappa shape index (κ1) is 15.8. The Hall–Kier alpha value is 0.310. The van der Waals surface area contributed by atoms with Crippen LogP contribution in [0.5, 0.6) is 0 Å². The average molecular weight is 202 g/mol. The number of aliphatic carboxylic acids is 1. The molecule has 72 valence electrons. The molecule has 13 heavy (non-hydrogen) atoms. The summed E-state index contributed by atoms with van der Waals surface area (Å²) in [5, 5.41) is 44.5. The van der Waals surface area contributed by atoms with Crippen molar-refractivity contribution in [3.05, 3.63) is 0 Å². The standard InChI is InChI=1S/C6H12O6.Na/c7-2-5(10)3(8)1-4(9)6(11)12;/h3-5,7-10H,1-2H2,(H,11,12);/q;+1/p-1/t3-,4+,5+;/m0./s1. The van der Waals surface area contributed by atoms with Gasteiger partial charge in [-0.3, -0.25) is 0 Å². The first-order valence-electron chi connectivity index (χ1n) is 3.35. The summed E-state index contributed by atoms with van der Waals surface area (Å²) in [6.45, 7) is -0.694. The van der Waals surface area contributed by atoms with E-state index in [2.05, 4.69) is 0 Å². The van der Waals surface area contributed by atoms with Crippen molar-refractivity contribution in [3.8, 4) is 0 Å². The van der Waals surface area contributed by atoms with E-state index in [1.165, 1.54) is 0 Å². The van der Waals surface area contributed by atoms with E-state index in [0.29, 0.717) is 0 Å². The zero-order valence-electron chi connectivity index (χ0n) is 7.25. The maximum atomic E-state index is 9.93. The molecular weight excluding hydrogens is 191 g/mol. The maximum Gasteiger partial charge on any atom is 1.00 e. The third-order valence-electron chi connectivity index (χ3n) is 1.37. The second-order valence-corrected chi connectivity index (χ2v) is 2.39. The smallest absolute Gasteiger partial charge is 0.547 e. The minimum atomic E-state index is -1.83. The molecule has 0 saturated heterocycles. The molecule has 0 bridgehead atoms. The van der Waals surface area contributed by atoms with Gasteiger partial charge in [0, 0.05) is 6.42 Å². The summed E-state index contributed by atoms with van der Waals surface area (Å²) >= 11 is 0. The van der Waals surface area contributed by atoms with Crippen LogP contribution in [0.2, 0.25) is 0 Å². The Morgan fingerprint density at radius 3 is 2.00 bits per heavy atom. The van der Waals surface area contributed by atoms with Crippen LogP contribution >= 0.6 is 0 Å². The van der Waals surface area contributed by atoms with Gasteiger partial charge in [0.2, 0.25) is 0 Å². The van der Waals surface area contributed by atoms with E-state index in [0.717, 1.165) is 0 Å². The second kappa shape index (κ2) is 7.69. The molecule has 7 heteroatoms. The van der Waals surface area contributed by atoms with Crippen molar-refractivity contribution in [2.75, 3.05) is 6.61 Å². The number of aliphatic hydroxyl groups is 4. The normalized spacial score (nSPS) is 16.9. The number of hydrogen-bond donors (Lipinski definition) is 4. The van der Waals surface area contributed by atoms with Crippen molar-refractivity contribution in [1.29, 1.82) is 0 Å². The molecule has 0 amide bonds. The summed E-state index contributed by atoms with van der Waals surface area (Å²) in [6, 6.07) is 0. The predicted molar refractivity (Wildman–Crippen MR) is 34.7 cm³/mol. The average Bonchev–Trinajstić information content (AvgIpc) is 2.02. The van der Waals surface area contributed by atoms with E-state index < -0.39 is 37.3 Å². The number of carboxylic acid groups (broad SMARTS) is 1. The maximum absolute atomic E-state index is 9.93. The van der Waals surface area contributed by atoms with E-state index in [1.807, 2.05) is 0 Å². The van der Waals surface area contributed by atoms with Gasteiger partial charge in [0.15, 0.2) is 0 Å². The minimum absolute atomic E-state index is 0. The third kappa shape index (κ3) is 6.39. The van der Waals surface area contributed by atoms with Crippen LogP contribution in [0, 0.1) is 0 Å². The van der Waals surface area contributed by atoms with Crippen LogP contribution in [0.1, 0.15) is 6.42 Å². The molecule has 0 rings (SSSR count). The number of aliphatic hydroxyl groups excluding tert-OH is 4. The van der Waals surface area contributed by atoms with Crippen LogP contribution in [0.3, 0.4) is 0 Å². The van der Waals surface area contributed by atoms with Crippen molar-refractivity contribution in [1.82, 2.24) is 0 Å². The van der Waals surface area contributed by atoms with Crippen LogP contribution in [0.25, 0.3) is 0 Å². The van der Waals surface area contributed by atoms with Crippen molar-refractivity contribution in [2.24, 2.45) is 0 Å². The molecule has 0 radical (unpaired) electrons. The van der Waals surface area contributed by atoms with Crippen molar-refractivity contribution >= 4 is 5.97 Å². The summed E-state index contributed by atoms with van der Waals surface area (Å²) in [4.78, 5) is 9.93. The van der Waals surface area contributed by atoms with Crippen LogP contribution in [0.15, 0.2) is 0 Å². The molecule has 0 aliphatic heterocycles. The van der Waals surface area contributed by atoms with Crippen molar-refractivity contribution in [2.45, 2.75) is 24.7 Å². The number of carboxylic acids is 1. The fourth-order valence-corrected chi connectivity index (χ4v) is 0.604. The second-order valence-electron chi connectivity index (χ2n) is 2.39. The summed E-state index contributed by atoms with van der Waals surface area (Å²) in [6.07, 6.45) is -5.31. The van der Waals surface area contributed by atoms with E-state index in [9.17, 15) is 9.90 Å². The van der Waals surface area contributed by atoms with Gasteiger partial charge in [-0.1, -0.05) is 0 Å². The molecule has 0 aromatic carbocycles. The Bertz CT molecular complexity index is 152. The van der Waals surface area contributed by atoms with Gasteiger partial charge in [-0.2, -0.15) is 0 Å². The Morgan fingerprint density at radius 1 is 1.23 bits per heavy atom. The van der Waals surface area contributed by atoms with E-state index in [1.54, 1.807) is 0 Å². The molecular formula is C6H11NaO6. The molecule has 0 aliphatic carbocycles. The van der Waals surface area contributed by atoms with Gasteiger partial charge in [0.25, 0.3) is 0 Å². The van der Waals surface area contributed by atoms with Crippen LogP contribution < -0.4 is 34.7 Å². The molecule has 0 aromatic rings. The summed E-state index contributed by atoms with van der Waals surface area (Å²) in [5.41, 5.74) is 0. The van der Waals surface area contributed by atoms with Crippen molar-refractivity contribution < 1.29 is 59.9 Å². The Balaban J connectivity index is 0. The molecule has 0 fully saturated rings. The Labute approximate surface area is 97.1 Å². The molecule has 0 unspecified atom stereocenters. The fraction of sp³-hybridized carbons (Fsp3) is 0.833. The summed E-state index contributed by atoms with van der Waals surface area (Å²) < 4.78 is 0. The number of rotatable bonds is 5. The quantitative estimate of drug-likeness (QED) is 0.329. The van der Waals surface area contributed by atoms with Crippen LogP contribution in [-0.2, 0) is 4.79 Å². The van der Waals surface area contributed by atoms with Gasteiger partial charge in [0.05, 0.1) is 24.8 Å². The first-order chi connectivity index (χ1) is 5.49. The molecule has 0 aromatic heterocycles. The number of carbonyl (C=O) groups excluding carboxylic acids is 1. The zero-order valence-corrected chi connectivity index (χ0v) is 9.25. The first-order valence-corrected chi connectivity index (χ1v) is 3.35. The fourth-order valence-electron chi connectivity index (χ4n) is 0.604. The number of carbonyl (C=O) groups is 1. The molecule has 4 N–H and O–H groups in total. The summed E-state index contributed by atoms with van der Waals surface area (Å²) in [5.74, 6) is -1.72. The Kier molecular flexibility index (Phi) is 9.33. The summed E-state index contributed by atoms with van der Waals surface area (Å²) in [7, 11) is 0. The molecule has 0 aliphatic rings. The molecule has 0 saturated carbocycles. The van der Waals surface area contributed by atoms with Gasteiger partial charge >= 0.3 is 29.6 Å². The van der Waals surface area contributed by atoms with Gasteiger partial charge in [-0.15, -0.1) is 0 Å². The molecule has 3 atom stereocenters. The van der Waals surface area contributed by atoms with Gasteiger partial charge in [0.1, 0.15) is 6.10 Å². The topological polar surface area (TPSA) is 121 Å². The van der Waals surface area contributed by atoms with Gasteiger partial charge < -0.3 is 30.3 Å². The predicted octanol–water partition coefficient (Wildman–Crippen LogP) is -6.79. The monoisotopic (exact) mass is 202 g/mol. The van der Waals surface area contributed by atoms with E-state index >= 15 is 0 Å². The SMILES string of the molecule is O=C([O-])[C@H](O)C[C@H](O)[C@H](O)CO.[Na+]. The van der Waals surface area contributed by atoms with Crippen LogP contribution in [0.4, 0.5) is 0 Å². The Morgan fingerprint density at radius 2 is 1.69 bits per heavy atom. The number of hydrogen-bond acceptors (Lipinski definition) is 6. The zero-order chi connectivity index (χ0) is 9.72. The largest absolute Gasteiger partial charge is 1.00 e. The van der Waals surface area contributed by atoms with Crippen LogP contribution in [-0.4, -0.2) is 51.3 Å². The van der Waals surface area contributed by atoms with Crippen molar-refractivity contribution in [3.63, 3.8) is 0 Å². The minimum Gasteiger partial charge on any atom is -0.547 e. The van der Waals surface area contributed by atoms with Gasteiger partial charge in [-0.05, 0) is 0 Å².